The van der Waals surface area contributed by atoms with Crippen LogP contribution in [0.1, 0.15) is 76.6 Å². The van der Waals surface area contributed by atoms with E-state index >= 15 is 0 Å². The Labute approximate surface area is 240 Å². The predicted molar refractivity (Wildman–Crippen MR) is 153 cm³/mol. The van der Waals surface area contributed by atoms with Gasteiger partial charge in [0.25, 0.3) is 0 Å². The number of aliphatic hydroxyl groups excluding tert-OH is 1. The Hall–Kier alpha value is -3.29. The molecule has 214 valence electrons. The third-order valence-corrected chi connectivity index (χ3v) is 8.86. The Morgan fingerprint density at radius 2 is 1.98 bits per heavy atom. The van der Waals surface area contributed by atoms with E-state index in [0.717, 1.165) is 27.3 Å². The van der Waals surface area contributed by atoms with Crippen LogP contribution in [0.4, 0.5) is 0 Å². The molecule has 40 heavy (non-hydrogen) atoms. The number of β-amino-alcohol motifs (C(OH)–C–C–N with tert-alkyl or cyclic N) is 1. The summed E-state index contributed by atoms with van der Waals surface area (Å²) < 4.78 is 0. The molecular weight excluding hydrogens is 526 g/mol. The third-order valence-electron chi connectivity index (χ3n) is 7.88. The molecule has 3 atom stereocenters. The number of carbonyl (C=O) groups excluding carboxylic acids is 3. The molecule has 2 fully saturated rings. The van der Waals surface area contributed by atoms with Crippen LogP contribution in [0.2, 0.25) is 0 Å². The number of hydrogen-bond donors (Lipinski definition) is 3. The lowest BCUT2D eigenvalue weighted by Crippen LogP contribution is -2.58. The number of rotatable bonds is 8. The summed E-state index contributed by atoms with van der Waals surface area (Å²) in [7, 11) is 0. The molecule has 2 aromatic rings. The number of carbonyl (C=O) groups is 3. The van der Waals surface area contributed by atoms with Crippen molar-refractivity contribution in [2.75, 3.05) is 6.54 Å². The molecule has 2 heterocycles. The minimum absolute atomic E-state index is 0.00288. The van der Waals surface area contributed by atoms with Crippen LogP contribution in [0.15, 0.2) is 23.7 Å². The lowest BCUT2D eigenvalue weighted by atomic mass is 9.85. The third kappa shape index (κ3) is 6.06. The summed E-state index contributed by atoms with van der Waals surface area (Å²) in [5.41, 5.74) is 4.26. The van der Waals surface area contributed by atoms with Gasteiger partial charge in [-0.2, -0.15) is 5.26 Å². The Kier molecular flexibility index (Phi) is 8.38. The molecule has 3 N–H and O–H groups in total. The second kappa shape index (κ2) is 11.3. The highest BCUT2D eigenvalue weighted by Gasteiger charge is 2.53. The number of nitrogens with one attached hydrogen (secondary N) is 2. The van der Waals surface area contributed by atoms with Crippen LogP contribution in [0.25, 0.3) is 10.4 Å². The highest BCUT2D eigenvalue weighted by Crippen LogP contribution is 2.45. The van der Waals surface area contributed by atoms with Crippen LogP contribution in [-0.2, 0) is 20.9 Å². The summed E-state index contributed by atoms with van der Waals surface area (Å²) in [6.07, 6.45) is 0.206. The van der Waals surface area contributed by atoms with Crippen molar-refractivity contribution in [1.29, 1.82) is 5.26 Å². The van der Waals surface area contributed by atoms with E-state index in [2.05, 4.69) is 41.6 Å². The largest absolute Gasteiger partial charge is 0.391 e. The van der Waals surface area contributed by atoms with Gasteiger partial charge in [-0.05, 0) is 53.9 Å². The number of aliphatic hydroxyl groups is 1. The summed E-state index contributed by atoms with van der Waals surface area (Å²) >= 11 is 1.60. The zero-order chi connectivity index (χ0) is 29.4. The van der Waals surface area contributed by atoms with E-state index in [1.807, 2.05) is 45.3 Å². The molecule has 0 unspecified atom stereocenters. The summed E-state index contributed by atoms with van der Waals surface area (Å²) in [4.78, 5) is 46.9. The van der Waals surface area contributed by atoms with E-state index in [1.54, 1.807) is 11.3 Å². The SMILES string of the molecule is Cc1ncsc1-c1ccc(CNC(=O)[C@@H]2C[C@@H](O)CN2C(=O)[C@@H](NC(=O)C2(C#N)CC2)C(C)(C)C)c(C(C)C)c1. The molecule has 9 nitrogen and oxygen atoms in total. The molecule has 1 aliphatic carbocycles. The molecule has 1 aromatic carbocycles. The quantitative estimate of drug-likeness (QED) is 0.447. The van der Waals surface area contributed by atoms with Crippen molar-refractivity contribution in [2.45, 2.75) is 91.5 Å². The minimum Gasteiger partial charge on any atom is -0.391 e. The van der Waals surface area contributed by atoms with Crippen molar-refractivity contribution in [3.63, 3.8) is 0 Å². The molecule has 0 bridgehead atoms. The number of nitrogens with zero attached hydrogens (tertiary/aromatic N) is 3. The van der Waals surface area contributed by atoms with Gasteiger partial charge in [-0.15, -0.1) is 11.3 Å². The normalized spacial score (nSPS) is 20.6. The Morgan fingerprint density at radius 1 is 1.27 bits per heavy atom. The van der Waals surface area contributed by atoms with E-state index in [0.29, 0.717) is 12.8 Å². The first-order valence-corrected chi connectivity index (χ1v) is 14.7. The highest BCUT2D eigenvalue weighted by atomic mass is 32.1. The van der Waals surface area contributed by atoms with Crippen molar-refractivity contribution in [3.05, 3.63) is 40.5 Å². The van der Waals surface area contributed by atoms with E-state index in [9.17, 15) is 24.8 Å². The second-order valence-corrected chi connectivity index (χ2v) is 13.3. The van der Waals surface area contributed by atoms with Crippen molar-refractivity contribution in [1.82, 2.24) is 20.5 Å². The molecule has 1 saturated carbocycles. The fourth-order valence-corrected chi connectivity index (χ4v) is 6.02. The van der Waals surface area contributed by atoms with Crippen molar-refractivity contribution < 1.29 is 19.5 Å². The fourth-order valence-electron chi connectivity index (χ4n) is 5.22. The van der Waals surface area contributed by atoms with E-state index in [-0.39, 0.29) is 31.3 Å². The van der Waals surface area contributed by atoms with Gasteiger partial charge in [0.05, 0.1) is 28.3 Å². The lowest BCUT2D eigenvalue weighted by molar-refractivity contribution is -0.144. The van der Waals surface area contributed by atoms with Gasteiger partial charge in [0.15, 0.2) is 0 Å². The van der Waals surface area contributed by atoms with Crippen LogP contribution in [0.3, 0.4) is 0 Å². The maximum Gasteiger partial charge on any atom is 0.246 e. The molecule has 1 aliphatic heterocycles. The predicted octanol–water partition coefficient (Wildman–Crippen LogP) is 3.65. The lowest BCUT2D eigenvalue weighted by Gasteiger charge is -2.35. The maximum absolute atomic E-state index is 13.8. The number of amides is 3. The van der Waals surface area contributed by atoms with Gasteiger partial charge in [-0.25, -0.2) is 4.98 Å². The van der Waals surface area contributed by atoms with Crippen LogP contribution in [0.5, 0.6) is 0 Å². The number of hydrogen-bond acceptors (Lipinski definition) is 7. The number of thiazole rings is 1. The smallest absolute Gasteiger partial charge is 0.246 e. The van der Waals surface area contributed by atoms with E-state index in [4.69, 9.17) is 0 Å². The fraction of sp³-hybridized carbons (Fsp3) is 0.567. The van der Waals surface area contributed by atoms with Gasteiger partial charge in [0, 0.05) is 19.5 Å². The average molecular weight is 566 g/mol. The van der Waals surface area contributed by atoms with Crippen LogP contribution < -0.4 is 10.6 Å². The van der Waals surface area contributed by atoms with Gasteiger partial charge in [0.2, 0.25) is 17.7 Å². The van der Waals surface area contributed by atoms with Crippen molar-refractivity contribution in [2.24, 2.45) is 10.8 Å². The molecule has 1 saturated heterocycles. The van der Waals surface area contributed by atoms with Crippen LogP contribution in [0, 0.1) is 29.1 Å². The topological polar surface area (TPSA) is 135 Å². The molecule has 3 amide bonds. The highest BCUT2D eigenvalue weighted by molar-refractivity contribution is 7.13. The maximum atomic E-state index is 13.8. The first kappa shape index (κ1) is 29.7. The minimum atomic E-state index is -1.08. The summed E-state index contributed by atoms with van der Waals surface area (Å²) in [5.74, 6) is -1.01. The monoisotopic (exact) mass is 565 g/mol. The molecule has 10 heteroatoms. The van der Waals surface area contributed by atoms with Gasteiger partial charge < -0.3 is 20.6 Å². The van der Waals surface area contributed by atoms with Gasteiger partial charge in [-0.3, -0.25) is 14.4 Å². The zero-order valence-corrected chi connectivity index (χ0v) is 24.9. The molecule has 1 aromatic heterocycles. The van der Waals surface area contributed by atoms with E-state index < -0.39 is 40.8 Å². The Bertz CT molecular complexity index is 1330. The standard InChI is InChI=1S/C30H39N5O4S/c1-17(2)22-11-19(24-18(3)33-16-40-24)7-8-20(22)13-32-26(37)23-12-21(36)14-35(23)27(38)25(29(4,5)6)34-28(39)30(15-31)9-10-30/h7-8,11,16-17,21,23,25,36H,9-10,12-14H2,1-6H3,(H,32,37)(H,34,39)/t21-,23+,25-/m1/s1. The summed E-state index contributed by atoms with van der Waals surface area (Å²) in [5, 5.41) is 25.7. The van der Waals surface area contributed by atoms with E-state index in [1.165, 1.54) is 4.90 Å². The van der Waals surface area contributed by atoms with Crippen molar-refractivity contribution >= 4 is 29.1 Å². The number of aryl methyl sites for hydroxylation is 1. The van der Waals surface area contributed by atoms with Crippen molar-refractivity contribution in [3.8, 4) is 16.5 Å². The van der Waals surface area contributed by atoms with Gasteiger partial charge in [0.1, 0.15) is 17.5 Å². The van der Waals surface area contributed by atoms with Gasteiger partial charge >= 0.3 is 0 Å². The zero-order valence-electron chi connectivity index (χ0n) is 24.1. The van der Waals surface area contributed by atoms with Gasteiger partial charge in [-0.1, -0.05) is 46.8 Å². The molecule has 0 spiro atoms. The first-order chi connectivity index (χ1) is 18.8. The summed E-state index contributed by atoms with van der Waals surface area (Å²) in [6.45, 7) is 12.0. The molecule has 0 radical (unpaired) electrons. The summed E-state index contributed by atoms with van der Waals surface area (Å²) in [6, 6.07) is 6.46. The van der Waals surface area contributed by atoms with Crippen LogP contribution in [-0.4, -0.2) is 57.4 Å². The Morgan fingerprint density at radius 3 is 2.52 bits per heavy atom. The molecular formula is C30H39N5O4S. The second-order valence-electron chi connectivity index (χ2n) is 12.4. The number of aromatic nitrogens is 1. The first-order valence-electron chi connectivity index (χ1n) is 13.8. The molecule has 4 rings (SSSR count). The number of benzene rings is 1. The van der Waals surface area contributed by atoms with Crippen LogP contribution >= 0.6 is 11.3 Å². The number of likely N-dealkylation sites (tertiary alicyclic amines) is 1. The number of nitriles is 1. The average Bonchev–Trinajstić information content (AvgIpc) is 3.44. The Balaban J connectivity index is 1.49. The molecule has 2 aliphatic rings.